The lowest BCUT2D eigenvalue weighted by atomic mass is 10.1. The molecule has 0 aliphatic heterocycles. The van der Waals surface area contributed by atoms with Crippen molar-refractivity contribution in [1.29, 1.82) is 0 Å². The summed E-state index contributed by atoms with van der Waals surface area (Å²) in [6, 6.07) is 16.2. The standard InChI is InChI=1S/C21H22FN3O/c1-15-4-6-16(7-5-15)12-13-24(2)21(26)20-14-19(23-25(20)3)17-8-10-18(22)11-9-17/h4-11,14H,12-13H2,1-3H3. The van der Waals surface area contributed by atoms with Crippen molar-refractivity contribution in [3.63, 3.8) is 0 Å². The number of nitrogens with zero attached hydrogens (tertiary/aromatic N) is 3. The first-order chi connectivity index (χ1) is 12.4. The van der Waals surface area contributed by atoms with Gasteiger partial charge in [0.2, 0.25) is 0 Å². The van der Waals surface area contributed by atoms with E-state index in [-0.39, 0.29) is 11.7 Å². The molecule has 0 saturated heterocycles. The Hall–Kier alpha value is -2.95. The summed E-state index contributed by atoms with van der Waals surface area (Å²) in [4.78, 5) is 14.4. The minimum absolute atomic E-state index is 0.0829. The topological polar surface area (TPSA) is 38.1 Å². The van der Waals surface area contributed by atoms with Gasteiger partial charge < -0.3 is 4.90 Å². The molecule has 0 aliphatic carbocycles. The van der Waals surface area contributed by atoms with Crippen LogP contribution in [0.2, 0.25) is 0 Å². The van der Waals surface area contributed by atoms with Crippen LogP contribution >= 0.6 is 0 Å². The SMILES string of the molecule is Cc1ccc(CCN(C)C(=O)c2cc(-c3ccc(F)cc3)nn2C)cc1. The largest absolute Gasteiger partial charge is 0.340 e. The average molecular weight is 351 g/mol. The van der Waals surface area contributed by atoms with Gasteiger partial charge in [-0.05, 0) is 49.2 Å². The van der Waals surface area contributed by atoms with Crippen LogP contribution in [0.15, 0.2) is 54.6 Å². The second kappa shape index (κ2) is 7.52. The van der Waals surface area contributed by atoms with Crippen LogP contribution in [-0.4, -0.2) is 34.2 Å². The van der Waals surface area contributed by atoms with Crippen LogP contribution in [0.4, 0.5) is 4.39 Å². The molecule has 0 bridgehead atoms. The summed E-state index contributed by atoms with van der Waals surface area (Å²) in [6.45, 7) is 2.68. The number of carbonyl (C=O) groups excluding carboxylic acids is 1. The molecule has 0 fully saturated rings. The molecular weight excluding hydrogens is 329 g/mol. The predicted octanol–water partition coefficient (Wildman–Crippen LogP) is 3.85. The average Bonchev–Trinajstić information content (AvgIpc) is 3.02. The third-order valence-electron chi connectivity index (χ3n) is 4.44. The smallest absolute Gasteiger partial charge is 0.271 e. The third-order valence-corrected chi connectivity index (χ3v) is 4.44. The zero-order chi connectivity index (χ0) is 18.7. The molecule has 134 valence electrons. The number of rotatable bonds is 5. The van der Waals surface area contributed by atoms with Gasteiger partial charge in [-0.1, -0.05) is 29.8 Å². The quantitative estimate of drug-likeness (QED) is 0.700. The molecule has 0 atom stereocenters. The first kappa shape index (κ1) is 17.9. The van der Waals surface area contributed by atoms with Crippen molar-refractivity contribution in [2.24, 2.45) is 7.05 Å². The van der Waals surface area contributed by atoms with Crippen LogP contribution in [0.1, 0.15) is 21.6 Å². The molecule has 5 heteroatoms. The number of carbonyl (C=O) groups is 1. The zero-order valence-electron chi connectivity index (χ0n) is 15.2. The molecule has 3 rings (SSSR count). The van der Waals surface area contributed by atoms with Crippen molar-refractivity contribution < 1.29 is 9.18 Å². The summed E-state index contributed by atoms with van der Waals surface area (Å²) in [5.74, 6) is -0.378. The predicted molar refractivity (Wildman–Crippen MR) is 100 cm³/mol. The number of halogens is 1. The summed E-state index contributed by atoms with van der Waals surface area (Å²) in [6.07, 6.45) is 0.797. The first-order valence-corrected chi connectivity index (χ1v) is 8.55. The third kappa shape index (κ3) is 3.99. The maximum atomic E-state index is 13.1. The highest BCUT2D eigenvalue weighted by Gasteiger charge is 2.18. The van der Waals surface area contributed by atoms with Gasteiger partial charge in [0.05, 0.1) is 5.69 Å². The Morgan fingerprint density at radius 3 is 2.42 bits per heavy atom. The summed E-state index contributed by atoms with van der Waals surface area (Å²) in [7, 11) is 3.54. The van der Waals surface area contributed by atoms with Gasteiger partial charge in [-0.2, -0.15) is 5.10 Å². The van der Waals surface area contributed by atoms with E-state index in [1.807, 2.05) is 0 Å². The molecule has 26 heavy (non-hydrogen) atoms. The van der Waals surface area contributed by atoms with E-state index in [2.05, 4.69) is 36.3 Å². The second-order valence-electron chi connectivity index (χ2n) is 6.51. The summed E-state index contributed by atoms with van der Waals surface area (Å²) in [5.41, 5.74) is 4.37. The fourth-order valence-electron chi connectivity index (χ4n) is 2.78. The lowest BCUT2D eigenvalue weighted by molar-refractivity contribution is 0.0786. The molecule has 0 saturated carbocycles. The van der Waals surface area contributed by atoms with Gasteiger partial charge in [0.15, 0.2) is 0 Å². The van der Waals surface area contributed by atoms with Crippen LogP contribution in [-0.2, 0) is 13.5 Å². The van der Waals surface area contributed by atoms with Gasteiger partial charge in [-0.15, -0.1) is 0 Å². The van der Waals surface area contributed by atoms with Crippen LogP contribution < -0.4 is 0 Å². The van der Waals surface area contributed by atoms with E-state index in [4.69, 9.17) is 0 Å². The Bertz CT molecular complexity index is 898. The molecule has 0 unspecified atom stereocenters. The first-order valence-electron chi connectivity index (χ1n) is 8.55. The highest BCUT2D eigenvalue weighted by atomic mass is 19.1. The molecule has 3 aromatic rings. The fraction of sp³-hybridized carbons (Fsp3) is 0.238. The van der Waals surface area contributed by atoms with Crippen LogP contribution in [0.3, 0.4) is 0 Å². The highest BCUT2D eigenvalue weighted by Crippen LogP contribution is 2.20. The Balaban J connectivity index is 1.70. The van der Waals surface area contributed by atoms with E-state index in [1.54, 1.807) is 41.9 Å². The molecule has 1 aromatic heterocycles. The normalized spacial score (nSPS) is 10.8. The summed E-state index contributed by atoms with van der Waals surface area (Å²) in [5, 5.41) is 4.39. The van der Waals surface area contributed by atoms with E-state index in [0.717, 1.165) is 12.0 Å². The number of hydrogen-bond acceptors (Lipinski definition) is 2. The molecule has 2 aromatic carbocycles. The number of benzene rings is 2. The van der Waals surface area contributed by atoms with Gasteiger partial charge in [0.25, 0.3) is 5.91 Å². The second-order valence-corrected chi connectivity index (χ2v) is 6.51. The Kier molecular flexibility index (Phi) is 5.16. The van der Waals surface area contributed by atoms with Gasteiger partial charge in [-0.3, -0.25) is 9.48 Å². The molecule has 1 heterocycles. The van der Waals surface area contributed by atoms with Crippen molar-refractivity contribution in [2.45, 2.75) is 13.3 Å². The monoisotopic (exact) mass is 351 g/mol. The summed E-state index contributed by atoms with van der Waals surface area (Å²) < 4.78 is 14.7. The van der Waals surface area contributed by atoms with E-state index < -0.39 is 0 Å². The maximum absolute atomic E-state index is 13.1. The van der Waals surface area contributed by atoms with Crippen molar-refractivity contribution in [1.82, 2.24) is 14.7 Å². The van der Waals surface area contributed by atoms with Crippen molar-refractivity contribution >= 4 is 5.91 Å². The highest BCUT2D eigenvalue weighted by molar-refractivity contribution is 5.93. The van der Waals surface area contributed by atoms with Crippen molar-refractivity contribution in [2.75, 3.05) is 13.6 Å². The molecule has 0 spiro atoms. The number of amides is 1. The van der Waals surface area contributed by atoms with Gasteiger partial charge in [-0.25, -0.2) is 4.39 Å². The zero-order valence-corrected chi connectivity index (χ0v) is 15.2. The van der Waals surface area contributed by atoms with E-state index in [1.165, 1.54) is 23.3 Å². The van der Waals surface area contributed by atoms with Crippen molar-refractivity contribution in [3.05, 3.63) is 77.2 Å². The number of aryl methyl sites for hydroxylation is 2. The van der Waals surface area contributed by atoms with Crippen LogP contribution in [0.25, 0.3) is 11.3 Å². The molecule has 1 amide bonds. The Morgan fingerprint density at radius 1 is 1.12 bits per heavy atom. The molecule has 4 nitrogen and oxygen atoms in total. The van der Waals surface area contributed by atoms with Gasteiger partial charge in [0, 0.05) is 26.2 Å². The van der Waals surface area contributed by atoms with E-state index in [0.29, 0.717) is 17.9 Å². The van der Waals surface area contributed by atoms with Crippen LogP contribution in [0, 0.1) is 12.7 Å². The molecule has 0 radical (unpaired) electrons. The Labute approximate surface area is 152 Å². The molecular formula is C21H22FN3O. The molecule has 0 aliphatic rings. The van der Waals surface area contributed by atoms with Crippen molar-refractivity contribution in [3.8, 4) is 11.3 Å². The lowest BCUT2D eigenvalue weighted by Crippen LogP contribution is -2.30. The van der Waals surface area contributed by atoms with Gasteiger partial charge in [0.1, 0.15) is 11.5 Å². The van der Waals surface area contributed by atoms with E-state index >= 15 is 0 Å². The van der Waals surface area contributed by atoms with Crippen LogP contribution in [0.5, 0.6) is 0 Å². The number of hydrogen-bond donors (Lipinski definition) is 0. The fourth-order valence-corrected chi connectivity index (χ4v) is 2.78. The number of likely N-dealkylation sites (N-methyl/N-ethyl adjacent to an activating group) is 1. The minimum atomic E-state index is -0.295. The molecule has 0 N–H and O–H groups in total. The summed E-state index contributed by atoms with van der Waals surface area (Å²) >= 11 is 0. The maximum Gasteiger partial charge on any atom is 0.271 e. The number of aromatic nitrogens is 2. The lowest BCUT2D eigenvalue weighted by Gasteiger charge is -2.17. The van der Waals surface area contributed by atoms with E-state index in [9.17, 15) is 9.18 Å². The van der Waals surface area contributed by atoms with Gasteiger partial charge >= 0.3 is 0 Å². The Morgan fingerprint density at radius 2 is 1.77 bits per heavy atom. The minimum Gasteiger partial charge on any atom is -0.340 e.